The zero-order valence-corrected chi connectivity index (χ0v) is 11.0. The lowest BCUT2D eigenvalue weighted by Gasteiger charge is -2.05. The highest BCUT2D eigenvalue weighted by Crippen LogP contribution is 2.04. The van der Waals surface area contributed by atoms with Crippen LogP contribution in [0.2, 0.25) is 0 Å². The zero-order valence-electron chi connectivity index (χ0n) is 11.0. The number of hydrogen-bond donors (Lipinski definition) is 0. The predicted octanol–water partition coefficient (Wildman–Crippen LogP) is 2.83. The van der Waals surface area contributed by atoms with E-state index in [1.807, 2.05) is 0 Å². The lowest BCUT2D eigenvalue weighted by Crippen LogP contribution is -2.08. The van der Waals surface area contributed by atoms with E-state index in [0.717, 1.165) is 19.4 Å². The number of ether oxygens (including phenoxy) is 2. The fourth-order valence-electron chi connectivity index (χ4n) is 1.40. The van der Waals surface area contributed by atoms with Crippen molar-refractivity contribution in [2.45, 2.75) is 46.5 Å². The molecule has 96 valence electrons. The van der Waals surface area contributed by atoms with Crippen LogP contribution in [0, 0.1) is 5.92 Å². The number of carbonyl (C=O) groups is 1. The summed E-state index contributed by atoms with van der Waals surface area (Å²) in [6.07, 6.45) is 3.22. The van der Waals surface area contributed by atoms with Crippen LogP contribution in [-0.4, -0.2) is 32.2 Å². The summed E-state index contributed by atoms with van der Waals surface area (Å²) >= 11 is 0. The van der Waals surface area contributed by atoms with Crippen LogP contribution in [0.5, 0.6) is 0 Å². The molecule has 0 unspecified atom stereocenters. The zero-order chi connectivity index (χ0) is 12.2. The van der Waals surface area contributed by atoms with Gasteiger partial charge in [0.25, 0.3) is 0 Å². The van der Waals surface area contributed by atoms with Gasteiger partial charge in [0, 0.05) is 26.1 Å². The molecule has 16 heavy (non-hydrogen) atoms. The van der Waals surface area contributed by atoms with Crippen molar-refractivity contribution in [2.24, 2.45) is 5.92 Å². The van der Waals surface area contributed by atoms with Gasteiger partial charge < -0.3 is 9.47 Å². The lowest BCUT2D eigenvalue weighted by molar-refractivity contribution is -0.120. The van der Waals surface area contributed by atoms with E-state index < -0.39 is 0 Å². The van der Waals surface area contributed by atoms with E-state index in [2.05, 4.69) is 20.8 Å². The molecule has 0 saturated heterocycles. The maximum absolute atomic E-state index is 11.3. The molecule has 0 radical (unpaired) electrons. The van der Waals surface area contributed by atoms with E-state index in [9.17, 15) is 4.79 Å². The summed E-state index contributed by atoms with van der Waals surface area (Å²) in [6.45, 7) is 8.99. The number of rotatable bonds is 11. The van der Waals surface area contributed by atoms with Crippen molar-refractivity contribution in [1.82, 2.24) is 0 Å². The first-order valence-corrected chi connectivity index (χ1v) is 6.34. The Morgan fingerprint density at radius 2 is 1.69 bits per heavy atom. The Balaban J connectivity index is 3.11. The molecule has 0 atom stereocenters. The number of ketones is 1. The van der Waals surface area contributed by atoms with Gasteiger partial charge in [0.15, 0.2) is 0 Å². The van der Waals surface area contributed by atoms with Crippen LogP contribution in [0.3, 0.4) is 0 Å². The minimum Gasteiger partial charge on any atom is -0.379 e. The van der Waals surface area contributed by atoms with Gasteiger partial charge in [-0.15, -0.1) is 0 Å². The van der Waals surface area contributed by atoms with Crippen LogP contribution in [0.25, 0.3) is 0 Å². The molecule has 3 heteroatoms. The summed E-state index contributed by atoms with van der Waals surface area (Å²) < 4.78 is 10.6. The van der Waals surface area contributed by atoms with Gasteiger partial charge in [-0.3, -0.25) is 4.79 Å². The Labute approximate surface area is 99.5 Å². The molecule has 0 amide bonds. The molecule has 0 heterocycles. The molecule has 3 nitrogen and oxygen atoms in total. The normalized spacial score (nSPS) is 11.0. The molecule has 0 aliphatic carbocycles. The summed E-state index contributed by atoms with van der Waals surface area (Å²) in [7, 11) is 0. The third-order valence-electron chi connectivity index (χ3n) is 2.10. The van der Waals surface area contributed by atoms with Crippen molar-refractivity contribution in [3.05, 3.63) is 0 Å². The first-order chi connectivity index (χ1) is 7.66. The summed E-state index contributed by atoms with van der Waals surface area (Å²) in [5.41, 5.74) is 0. The monoisotopic (exact) mass is 230 g/mol. The van der Waals surface area contributed by atoms with Crippen molar-refractivity contribution in [3.8, 4) is 0 Å². The van der Waals surface area contributed by atoms with Crippen molar-refractivity contribution < 1.29 is 14.3 Å². The van der Waals surface area contributed by atoms with Crippen molar-refractivity contribution in [2.75, 3.05) is 26.4 Å². The van der Waals surface area contributed by atoms with Crippen LogP contribution in [0.15, 0.2) is 0 Å². The van der Waals surface area contributed by atoms with E-state index >= 15 is 0 Å². The number of Topliss-reactive ketones (excluding diaryl/α,β-unsaturated/α-hetero) is 1. The molecule has 0 aromatic heterocycles. The molecule has 0 aliphatic rings. The van der Waals surface area contributed by atoms with E-state index in [4.69, 9.17) is 9.47 Å². The SMILES string of the molecule is CCCOCCOCCCC(=O)CC(C)C. The molecule has 0 aliphatic heterocycles. The van der Waals surface area contributed by atoms with Gasteiger partial charge in [-0.2, -0.15) is 0 Å². The highest BCUT2D eigenvalue weighted by molar-refractivity contribution is 5.78. The summed E-state index contributed by atoms with van der Waals surface area (Å²) in [6, 6.07) is 0. The maximum Gasteiger partial charge on any atom is 0.133 e. The van der Waals surface area contributed by atoms with E-state index in [1.54, 1.807) is 0 Å². The third kappa shape index (κ3) is 11.7. The van der Waals surface area contributed by atoms with Crippen LogP contribution in [-0.2, 0) is 14.3 Å². The first kappa shape index (κ1) is 15.6. The Bertz CT molecular complexity index is 167. The molecule has 0 saturated carbocycles. The highest BCUT2D eigenvalue weighted by atomic mass is 16.5. The largest absolute Gasteiger partial charge is 0.379 e. The van der Waals surface area contributed by atoms with Crippen LogP contribution >= 0.6 is 0 Å². The Kier molecular flexibility index (Phi) is 10.8. The van der Waals surface area contributed by atoms with Crippen molar-refractivity contribution in [3.63, 3.8) is 0 Å². The second kappa shape index (κ2) is 11.1. The summed E-state index contributed by atoms with van der Waals surface area (Å²) in [4.78, 5) is 11.3. The van der Waals surface area contributed by atoms with Gasteiger partial charge >= 0.3 is 0 Å². The molecule has 0 fully saturated rings. The van der Waals surface area contributed by atoms with Crippen molar-refractivity contribution in [1.29, 1.82) is 0 Å². The number of hydrogen-bond acceptors (Lipinski definition) is 3. The Morgan fingerprint density at radius 3 is 2.25 bits per heavy atom. The lowest BCUT2D eigenvalue weighted by atomic mass is 10.0. The fourth-order valence-corrected chi connectivity index (χ4v) is 1.40. The van der Waals surface area contributed by atoms with Gasteiger partial charge in [0.2, 0.25) is 0 Å². The molecular weight excluding hydrogens is 204 g/mol. The average molecular weight is 230 g/mol. The van der Waals surface area contributed by atoms with Crippen LogP contribution in [0.4, 0.5) is 0 Å². The quantitative estimate of drug-likeness (QED) is 0.512. The Hall–Kier alpha value is -0.410. The van der Waals surface area contributed by atoms with Gasteiger partial charge in [-0.25, -0.2) is 0 Å². The molecule has 0 aromatic carbocycles. The van der Waals surface area contributed by atoms with Gasteiger partial charge in [0.1, 0.15) is 5.78 Å². The molecule has 0 bridgehead atoms. The number of carbonyl (C=O) groups excluding carboxylic acids is 1. The second-order valence-electron chi connectivity index (χ2n) is 4.46. The van der Waals surface area contributed by atoms with Gasteiger partial charge in [-0.05, 0) is 18.8 Å². The van der Waals surface area contributed by atoms with Crippen molar-refractivity contribution >= 4 is 5.78 Å². The van der Waals surface area contributed by atoms with E-state index in [1.165, 1.54) is 0 Å². The molecule has 0 spiro atoms. The van der Waals surface area contributed by atoms with E-state index in [0.29, 0.717) is 44.4 Å². The molecule has 0 rings (SSSR count). The summed E-state index contributed by atoms with van der Waals surface area (Å²) in [5, 5.41) is 0. The first-order valence-electron chi connectivity index (χ1n) is 6.34. The second-order valence-corrected chi connectivity index (χ2v) is 4.46. The maximum atomic E-state index is 11.3. The topological polar surface area (TPSA) is 35.5 Å². The summed E-state index contributed by atoms with van der Waals surface area (Å²) in [5.74, 6) is 0.816. The van der Waals surface area contributed by atoms with Crippen LogP contribution in [0.1, 0.15) is 46.5 Å². The molecular formula is C13H26O3. The minimum atomic E-state index is 0.348. The third-order valence-corrected chi connectivity index (χ3v) is 2.10. The smallest absolute Gasteiger partial charge is 0.133 e. The molecule has 0 aromatic rings. The highest BCUT2D eigenvalue weighted by Gasteiger charge is 2.04. The molecule has 0 N–H and O–H groups in total. The van der Waals surface area contributed by atoms with Gasteiger partial charge in [0.05, 0.1) is 13.2 Å². The average Bonchev–Trinajstić information content (AvgIpc) is 2.21. The fraction of sp³-hybridized carbons (Fsp3) is 0.923. The van der Waals surface area contributed by atoms with Gasteiger partial charge in [-0.1, -0.05) is 20.8 Å². The predicted molar refractivity (Wildman–Crippen MR) is 65.6 cm³/mol. The standard InChI is InChI=1S/C13H26O3/c1-4-7-15-9-10-16-8-5-6-13(14)11-12(2)3/h12H,4-11H2,1-3H3. The minimum absolute atomic E-state index is 0.348. The Morgan fingerprint density at radius 1 is 1.06 bits per heavy atom. The van der Waals surface area contributed by atoms with Crippen LogP contribution < -0.4 is 0 Å². The van der Waals surface area contributed by atoms with E-state index in [-0.39, 0.29) is 0 Å².